The first kappa shape index (κ1) is 13.5. The normalized spacial score (nSPS) is 23.8. The summed E-state index contributed by atoms with van der Waals surface area (Å²) in [6.07, 6.45) is 6.45. The third-order valence-corrected chi connectivity index (χ3v) is 4.60. The third kappa shape index (κ3) is 3.14. The zero-order valence-corrected chi connectivity index (χ0v) is 12.4. The molecule has 2 aliphatic rings. The first-order valence-corrected chi connectivity index (χ1v) is 7.87. The van der Waals surface area contributed by atoms with Gasteiger partial charge in [-0.3, -0.25) is 4.99 Å². The van der Waals surface area contributed by atoms with Crippen LogP contribution in [0.3, 0.4) is 0 Å². The number of hydrogen-bond acceptors (Lipinski definition) is 1. The Morgan fingerprint density at radius 3 is 2.70 bits per heavy atom. The van der Waals surface area contributed by atoms with Crippen LogP contribution in [0.4, 0.5) is 0 Å². The third-order valence-electron chi connectivity index (χ3n) is 4.60. The number of rotatable bonds is 3. The molecular formula is C17H25N3. The van der Waals surface area contributed by atoms with Crippen molar-refractivity contribution in [3.63, 3.8) is 0 Å². The van der Waals surface area contributed by atoms with Crippen molar-refractivity contribution < 1.29 is 0 Å². The molecule has 0 bridgehead atoms. The lowest BCUT2D eigenvalue weighted by atomic mass is 9.93. The molecule has 2 fully saturated rings. The molecule has 1 saturated carbocycles. The van der Waals surface area contributed by atoms with E-state index in [1.807, 2.05) is 7.05 Å². The molecule has 20 heavy (non-hydrogen) atoms. The highest BCUT2D eigenvalue weighted by molar-refractivity contribution is 5.80. The van der Waals surface area contributed by atoms with E-state index in [0.29, 0.717) is 6.04 Å². The zero-order chi connectivity index (χ0) is 13.8. The van der Waals surface area contributed by atoms with Gasteiger partial charge >= 0.3 is 0 Å². The Bertz CT molecular complexity index is 451. The summed E-state index contributed by atoms with van der Waals surface area (Å²) < 4.78 is 0. The first-order chi connectivity index (χ1) is 9.85. The van der Waals surface area contributed by atoms with Gasteiger partial charge in [0.1, 0.15) is 0 Å². The highest BCUT2D eigenvalue weighted by atomic mass is 15.3. The number of aliphatic imine (C=N–C) groups is 1. The van der Waals surface area contributed by atoms with Crippen molar-refractivity contribution in [3.8, 4) is 0 Å². The second kappa shape index (κ2) is 6.29. The van der Waals surface area contributed by atoms with E-state index >= 15 is 0 Å². The molecular weight excluding hydrogens is 246 g/mol. The van der Waals surface area contributed by atoms with E-state index in [1.54, 1.807) is 0 Å². The van der Waals surface area contributed by atoms with Gasteiger partial charge in [0.05, 0.1) is 0 Å². The molecule has 3 nitrogen and oxygen atoms in total. The van der Waals surface area contributed by atoms with Crippen molar-refractivity contribution in [1.82, 2.24) is 10.2 Å². The molecule has 0 amide bonds. The molecule has 3 heteroatoms. The van der Waals surface area contributed by atoms with Gasteiger partial charge in [-0.2, -0.15) is 0 Å². The summed E-state index contributed by atoms with van der Waals surface area (Å²) in [6.45, 7) is 2.28. The fourth-order valence-electron chi connectivity index (χ4n) is 3.17. The topological polar surface area (TPSA) is 27.6 Å². The molecule has 1 aromatic carbocycles. The molecule has 1 atom stereocenters. The molecule has 1 aliphatic carbocycles. The predicted octanol–water partition coefficient (Wildman–Crippen LogP) is 2.68. The Kier molecular flexibility index (Phi) is 4.24. The molecule has 1 aromatic rings. The number of nitrogens with one attached hydrogen (secondary N) is 1. The lowest BCUT2D eigenvalue weighted by molar-refractivity contribution is 0.359. The predicted molar refractivity (Wildman–Crippen MR) is 84.0 cm³/mol. The second-order valence-electron chi connectivity index (χ2n) is 6.11. The van der Waals surface area contributed by atoms with E-state index in [0.717, 1.165) is 25.0 Å². The van der Waals surface area contributed by atoms with Crippen molar-refractivity contribution in [2.75, 3.05) is 20.1 Å². The van der Waals surface area contributed by atoms with E-state index in [2.05, 4.69) is 45.5 Å². The van der Waals surface area contributed by atoms with Gasteiger partial charge in [-0.1, -0.05) is 30.3 Å². The summed E-state index contributed by atoms with van der Waals surface area (Å²) in [6, 6.07) is 11.5. The lowest BCUT2D eigenvalue weighted by Gasteiger charge is -2.31. The molecule has 1 heterocycles. The Balaban J connectivity index is 1.53. The molecule has 3 rings (SSSR count). The maximum absolute atomic E-state index is 4.46. The minimum atomic E-state index is 0.668. The average Bonchev–Trinajstić information content (AvgIpc) is 2.87. The van der Waals surface area contributed by atoms with Gasteiger partial charge in [0.25, 0.3) is 0 Å². The van der Waals surface area contributed by atoms with Gasteiger partial charge in [-0.15, -0.1) is 0 Å². The average molecular weight is 271 g/mol. The van der Waals surface area contributed by atoms with Crippen molar-refractivity contribution in [2.24, 2.45) is 10.9 Å². The maximum atomic E-state index is 4.46. The first-order valence-electron chi connectivity index (χ1n) is 7.87. The lowest BCUT2D eigenvalue weighted by Crippen LogP contribution is -2.47. The standard InChI is InChI=1S/C17H25N3/c1-18-17(19-16-8-5-9-16)20-11-10-15(13-20)12-14-6-3-2-4-7-14/h2-4,6-7,15-16H,5,8-13H2,1H3,(H,18,19). The molecule has 1 aliphatic heterocycles. The molecule has 1 N–H and O–H groups in total. The Morgan fingerprint density at radius 1 is 1.25 bits per heavy atom. The van der Waals surface area contributed by atoms with Gasteiger partial charge in [0.15, 0.2) is 5.96 Å². The van der Waals surface area contributed by atoms with Crippen LogP contribution >= 0.6 is 0 Å². The van der Waals surface area contributed by atoms with Gasteiger partial charge in [-0.25, -0.2) is 0 Å². The molecule has 0 spiro atoms. The monoisotopic (exact) mass is 271 g/mol. The van der Waals surface area contributed by atoms with Crippen LogP contribution in [0.25, 0.3) is 0 Å². The SMILES string of the molecule is CN=C(NC1CCC1)N1CCC(Cc2ccccc2)C1. The molecule has 1 unspecified atom stereocenters. The van der Waals surface area contributed by atoms with Crippen LogP contribution in [0.5, 0.6) is 0 Å². The van der Waals surface area contributed by atoms with Crippen LogP contribution in [0.15, 0.2) is 35.3 Å². The van der Waals surface area contributed by atoms with Crippen molar-refractivity contribution >= 4 is 5.96 Å². The molecule has 108 valence electrons. The van der Waals surface area contributed by atoms with Crippen LogP contribution in [0.2, 0.25) is 0 Å². The summed E-state index contributed by atoms with van der Waals surface area (Å²) in [5.41, 5.74) is 1.46. The summed E-state index contributed by atoms with van der Waals surface area (Å²) in [5, 5.41) is 3.61. The van der Waals surface area contributed by atoms with Crippen LogP contribution in [-0.2, 0) is 6.42 Å². The van der Waals surface area contributed by atoms with E-state index in [9.17, 15) is 0 Å². The second-order valence-corrected chi connectivity index (χ2v) is 6.11. The van der Waals surface area contributed by atoms with Crippen LogP contribution in [0.1, 0.15) is 31.2 Å². The smallest absolute Gasteiger partial charge is 0.193 e. The summed E-state index contributed by atoms with van der Waals surface area (Å²) in [5.74, 6) is 1.88. The quantitative estimate of drug-likeness (QED) is 0.676. The number of hydrogen-bond donors (Lipinski definition) is 1. The molecule has 1 saturated heterocycles. The Morgan fingerprint density at radius 2 is 2.05 bits per heavy atom. The van der Waals surface area contributed by atoms with E-state index in [-0.39, 0.29) is 0 Å². The number of nitrogens with zero attached hydrogens (tertiary/aromatic N) is 2. The molecule has 0 radical (unpaired) electrons. The van der Waals surface area contributed by atoms with Gasteiger partial charge < -0.3 is 10.2 Å². The van der Waals surface area contributed by atoms with Crippen LogP contribution in [0, 0.1) is 5.92 Å². The van der Waals surface area contributed by atoms with E-state index in [1.165, 1.54) is 37.7 Å². The van der Waals surface area contributed by atoms with Gasteiger partial charge in [0, 0.05) is 26.2 Å². The van der Waals surface area contributed by atoms with E-state index < -0.39 is 0 Å². The van der Waals surface area contributed by atoms with E-state index in [4.69, 9.17) is 0 Å². The number of guanidine groups is 1. The van der Waals surface area contributed by atoms with Crippen molar-refractivity contribution in [2.45, 2.75) is 38.1 Å². The van der Waals surface area contributed by atoms with Crippen molar-refractivity contribution in [3.05, 3.63) is 35.9 Å². The van der Waals surface area contributed by atoms with Gasteiger partial charge in [0.2, 0.25) is 0 Å². The highest BCUT2D eigenvalue weighted by Gasteiger charge is 2.27. The maximum Gasteiger partial charge on any atom is 0.193 e. The van der Waals surface area contributed by atoms with Gasteiger partial charge in [-0.05, 0) is 43.6 Å². The minimum Gasteiger partial charge on any atom is -0.354 e. The number of benzene rings is 1. The highest BCUT2D eigenvalue weighted by Crippen LogP contribution is 2.22. The zero-order valence-electron chi connectivity index (χ0n) is 12.4. The summed E-state index contributed by atoms with van der Waals surface area (Å²) in [4.78, 5) is 6.90. The fourth-order valence-corrected chi connectivity index (χ4v) is 3.17. The minimum absolute atomic E-state index is 0.668. The summed E-state index contributed by atoms with van der Waals surface area (Å²) in [7, 11) is 1.91. The van der Waals surface area contributed by atoms with Crippen LogP contribution in [-0.4, -0.2) is 37.0 Å². The molecule has 0 aromatic heterocycles. The number of likely N-dealkylation sites (tertiary alicyclic amines) is 1. The Hall–Kier alpha value is -1.51. The summed E-state index contributed by atoms with van der Waals surface area (Å²) >= 11 is 0. The largest absolute Gasteiger partial charge is 0.354 e. The fraction of sp³-hybridized carbons (Fsp3) is 0.588. The van der Waals surface area contributed by atoms with Crippen molar-refractivity contribution in [1.29, 1.82) is 0 Å². The van der Waals surface area contributed by atoms with Crippen LogP contribution < -0.4 is 5.32 Å². The Labute approximate surface area is 122 Å².